The number of hydrogen-bond donors (Lipinski definition) is 0. The molecule has 0 N–H and O–H groups in total. The average Bonchev–Trinajstić information content (AvgIpc) is 3.48. The van der Waals surface area contributed by atoms with E-state index in [-0.39, 0.29) is 21.7 Å². The summed E-state index contributed by atoms with van der Waals surface area (Å²) in [4.78, 5) is 11.4. The van der Waals surface area contributed by atoms with Gasteiger partial charge in [0.05, 0.1) is 23.8 Å². The number of benzene rings is 2. The first-order chi connectivity index (χ1) is 15.9. The number of halogens is 1. The molecule has 1 aliphatic heterocycles. The summed E-state index contributed by atoms with van der Waals surface area (Å²) in [5.41, 5.74) is 2.15. The van der Waals surface area contributed by atoms with Crippen LogP contribution in [0.2, 0.25) is 0 Å². The zero-order chi connectivity index (χ0) is 23.1. The smallest absolute Gasteiger partial charge is 0.268 e. The van der Waals surface area contributed by atoms with Crippen molar-refractivity contribution < 1.29 is 27.1 Å². The summed E-state index contributed by atoms with van der Waals surface area (Å²) in [5.74, 6) is -1.13. The van der Waals surface area contributed by atoms with Crippen LogP contribution in [-0.2, 0) is 19.5 Å². The number of hydrogen-bond acceptors (Lipinski definition) is 5. The summed E-state index contributed by atoms with van der Waals surface area (Å²) in [6.45, 7) is 1.17. The second-order valence-electron chi connectivity index (χ2n) is 8.13. The maximum atomic E-state index is 14.5. The minimum atomic E-state index is -4.09. The van der Waals surface area contributed by atoms with E-state index in [1.807, 2.05) is 12.1 Å². The van der Waals surface area contributed by atoms with Crippen LogP contribution < -0.4 is 0 Å². The van der Waals surface area contributed by atoms with Crippen LogP contribution in [0.5, 0.6) is 0 Å². The van der Waals surface area contributed by atoms with Gasteiger partial charge in [-0.2, -0.15) is 0 Å². The molecule has 1 aliphatic carbocycles. The van der Waals surface area contributed by atoms with Gasteiger partial charge in [0, 0.05) is 30.2 Å². The standard InChI is InChI=1S/C25H22FNO5S/c26-23-7-2-1-6-22(23)24-14-18(17-28)16-27(24)33(29,30)21-5-3-4-20(15-21)19-8-10-25(11-9-19)31-12-13-32-25/h1-8,14-17H,9-13H2. The van der Waals surface area contributed by atoms with E-state index in [1.54, 1.807) is 18.2 Å². The Morgan fingerprint density at radius 3 is 2.52 bits per heavy atom. The van der Waals surface area contributed by atoms with Crippen LogP contribution in [0.3, 0.4) is 0 Å². The predicted octanol–water partition coefficient (Wildman–Crippen LogP) is 4.65. The Kier molecular flexibility index (Phi) is 5.52. The Morgan fingerprint density at radius 2 is 1.82 bits per heavy atom. The van der Waals surface area contributed by atoms with Gasteiger partial charge >= 0.3 is 0 Å². The normalized spacial score (nSPS) is 17.8. The SMILES string of the molecule is O=Cc1cc(-c2ccccc2F)n(S(=O)(=O)c2cccc(C3=CCC4(CC3)OCCO4)c2)c1. The maximum absolute atomic E-state index is 14.5. The highest BCUT2D eigenvalue weighted by Crippen LogP contribution is 2.39. The first-order valence-corrected chi connectivity index (χ1v) is 12.1. The molecule has 1 fully saturated rings. The molecule has 6 nitrogen and oxygen atoms in total. The van der Waals surface area contributed by atoms with E-state index in [0.717, 1.165) is 15.1 Å². The van der Waals surface area contributed by atoms with Gasteiger partial charge in [0.25, 0.3) is 10.0 Å². The monoisotopic (exact) mass is 467 g/mol. The Labute approximate surface area is 191 Å². The average molecular weight is 468 g/mol. The molecule has 0 unspecified atom stereocenters. The van der Waals surface area contributed by atoms with Gasteiger partial charge in [-0.1, -0.05) is 30.3 Å². The maximum Gasteiger partial charge on any atom is 0.268 e. The number of carbonyl (C=O) groups is 1. The number of ether oxygens (including phenoxy) is 2. The number of carbonyl (C=O) groups excluding carboxylic acids is 1. The van der Waals surface area contributed by atoms with Crippen molar-refractivity contribution in [2.24, 2.45) is 0 Å². The van der Waals surface area contributed by atoms with E-state index in [0.29, 0.717) is 38.8 Å². The number of nitrogens with zero attached hydrogens (tertiary/aromatic N) is 1. The van der Waals surface area contributed by atoms with Gasteiger partial charge in [-0.25, -0.2) is 16.8 Å². The quantitative estimate of drug-likeness (QED) is 0.511. The molecule has 1 aromatic heterocycles. The van der Waals surface area contributed by atoms with Crippen LogP contribution in [0, 0.1) is 5.82 Å². The van der Waals surface area contributed by atoms with Crippen molar-refractivity contribution in [2.75, 3.05) is 13.2 Å². The molecule has 0 bridgehead atoms. The van der Waals surface area contributed by atoms with Crippen molar-refractivity contribution in [1.29, 1.82) is 0 Å². The molecular formula is C25H22FNO5S. The number of aldehydes is 1. The third-order valence-corrected chi connectivity index (χ3v) is 7.77. The van der Waals surface area contributed by atoms with Crippen LogP contribution >= 0.6 is 0 Å². The van der Waals surface area contributed by atoms with Crippen molar-refractivity contribution in [2.45, 2.75) is 29.9 Å². The molecule has 170 valence electrons. The highest BCUT2D eigenvalue weighted by Gasteiger charge is 2.37. The van der Waals surface area contributed by atoms with Crippen LogP contribution in [-0.4, -0.2) is 37.7 Å². The summed E-state index contributed by atoms with van der Waals surface area (Å²) >= 11 is 0. The van der Waals surface area contributed by atoms with Crippen molar-refractivity contribution in [3.63, 3.8) is 0 Å². The second-order valence-corrected chi connectivity index (χ2v) is 9.94. The summed E-state index contributed by atoms with van der Waals surface area (Å²) < 4.78 is 54.1. The fraction of sp³-hybridized carbons (Fsp3) is 0.240. The Morgan fingerprint density at radius 1 is 1.03 bits per heavy atom. The molecule has 0 amide bonds. The molecule has 3 aromatic rings. The molecular weight excluding hydrogens is 445 g/mol. The van der Waals surface area contributed by atoms with E-state index in [9.17, 15) is 17.6 Å². The van der Waals surface area contributed by atoms with Crippen LogP contribution in [0.4, 0.5) is 4.39 Å². The molecule has 1 saturated heterocycles. The van der Waals surface area contributed by atoms with Crippen LogP contribution in [0.25, 0.3) is 16.8 Å². The molecule has 8 heteroatoms. The zero-order valence-corrected chi connectivity index (χ0v) is 18.6. The van der Waals surface area contributed by atoms with Gasteiger partial charge in [0.2, 0.25) is 0 Å². The van der Waals surface area contributed by atoms with Gasteiger partial charge in [-0.3, -0.25) is 4.79 Å². The second kappa shape index (κ2) is 8.37. The lowest BCUT2D eigenvalue weighted by Crippen LogP contribution is -2.31. The molecule has 1 spiro atoms. The third-order valence-electron chi connectivity index (χ3n) is 6.10. The predicted molar refractivity (Wildman–Crippen MR) is 121 cm³/mol. The van der Waals surface area contributed by atoms with E-state index in [1.165, 1.54) is 36.5 Å². The zero-order valence-electron chi connectivity index (χ0n) is 17.7. The highest BCUT2D eigenvalue weighted by molar-refractivity contribution is 7.90. The largest absolute Gasteiger partial charge is 0.347 e. The number of allylic oxidation sites excluding steroid dienone is 1. The van der Waals surface area contributed by atoms with Gasteiger partial charge in [-0.05, 0) is 47.9 Å². The topological polar surface area (TPSA) is 74.6 Å². The molecule has 2 heterocycles. The molecule has 2 aromatic carbocycles. The summed E-state index contributed by atoms with van der Waals surface area (Å²) in [7, 11) is -4.09. The van der Waals surface area contributed by atoms with Crippen molar-refractivity contribution in [3.05, 3.63) is 83.8 Å². The van der Waals surface area contributed by atoms with Gasteiger partial charge in [0.15, 0.2) is 12.1 Å². The fourth-order valence-electron chi connectivity index (χ4n) is 4.39. The third kappa shape index (κ3) is 3.94. The summed E-state index contributed by atoms with van der Waals surface area (Å²) in [5, 5.41) is 0. The van der Waals surface area contributed by atoms with Gasteiger partial charge in [-0.15, -0.1) is 0 Å². The fourth-order valence-corrected chi connectivity index (χ4v) is 5.82. The lowest BCUT2D eigenvalue weighted by Gasteiger charge is -2.30. The molecule has 5 rings (SSSR count). The number of aromatic nitrogens is 1. The van der Waals surface area contributed by atoms with E-state index < -0.39 is 21.6 Å². The lowest BCUT2D eigenvalue weighted by atomic mass is 9.90. The first-order valence-electron chi connectivity index (χ1n) is 10.7. The Hall–Kier alpha value is -3.07. The lowest BCUT2D eigenvalue weighted by molar-refractivity contribution is -0.159. The van der Waals surface area contributed by atoms with E-state index in [2.05, 4.69) is 0 Å². The highest BCUT2D eigenvalue weighted by atomic mass is 32.2. The van der Waals surface area contributed by atoms with Crippen LogP contribution in [0.1, 0.15) is 35.2 Å². The first kappa shape index (κ1) is 21.8. The van der Waals surface area contributed by atoms with E-state index in [4.69, 9.17) is 9.47 Å². The molecule has 33 heavy (non-hydrogen) atoms. The number of rotatable bonds is 5. The Bertz CT molecular complexity index is 1350. The van der Waals surface area contributed by atoms with Crippen molar-refractivity contribution in [3.8, 4) is 11.3 Å². The molecule has 0 radical (unpaired) electrons. The van der Waals surface area contributed by atoms with Crippen molar-refractivity contribution in [1.82, 2.24) is 3.97 Å². The van der Waals surface area contributed by atoms with Crippen molar-refractivity contribution >= 4 is 21.9 Å². The van der Waals surface area contributed by atoms with Gasteiger partial charge < -0.3 is 9.47 Å². The van der Waals surface area contributed by atoms with E-state index >= 15 is 0 Å². The molecule has 0 atom stereocenters. The van der Waals surface area contributed by atoms with Crippen LogP contribution in [0.15, 0.2) is 71.8 Å². The minimum Gasteiger partial charge on any atom is -0.347 e. The summed E-state index contributed by atoms with van der Waals surface area (Å²) in [6.07, 6.45) is 5.80. The molecule has 0 saturated carbocycles. The minimum absolute atomic E-state index is 0.0557. The molecule has 2 aliphatic rings. The summed E-state index contributed by atoms with van der Waals surface area (Å²) in [6, 6.07) is 13.9. The Balaban J connectivity index is 1.53. The van der Waals surface area contributed by atoms with Gasteiger partial charge in [0.1, 0.15) is 5.82 Å².